The number of rotatable bonds is 2. The van der Waals surface area contributed by atoms with E-state index in [1.165, 1.54) is 11.3 Å². The van der Waals surface area contributed by atoms with Gasteiger partial charge in [0.05, 0.1) is 11.2 Å². The molecule has 0 spiro atoms. The van der Waals surface area contributed by atoms with Crippen LogP contribution in [0.3, 0.4) is 0 Å². The number of nitrogens with one attached hydrogen (secondary N) is 1. The monoisotopic (exact) mass is 225 g/mol. The maximum atomic E-state index is 12.0. The molecule has 1 fully saturated rings. The lowest BCUT2D eigenvalue weighted by Gasteiger charge is -2.14. The fourth-order valence-corrected chi connectivity index (χ4v) is 2.54. The number of hydrogen-bond acceptors (Lipinski definition) is 4. The highest BCUT2D eigenvalue weighted by molar-refractivity contribution is 7.13. The summed E-state index contributed by atoms with van der Waals surface area (Å²) in [6.45, 7) is 3.58. The quantitative estimate of drug-likeness (QED) is 0.813. The largest absolute Gasteiger partial charge is 0.336 e. The molecule has 4 nitrogen and oxygen atoms in total. The molecule has 0 radical (unpaired) electrons. The fourth-order valence-electron chi connectivity index (χ4n) is 1.80. The van der Waals surface area contributed by atoms with E-state index in [1.807, 2.05) is 18.9 Å². The zero-order valence-corrected chi connectivity index (χ0v) is 9.80. The van der Waals surface area contributed by atoms with E-state index in [2.05, 4.69) is 10.3 Å². The van der Waals surface area contributed by atoms with Crippen molar-refractivity contribution >= 4 is 17.2 Å². The Morgan fingerprint density at radius 1 is 1.73 bits per heavy atom. The number of carbonyl (C=O) groups excluding carboxylic acids is 1. The molecule has 0 aliphatic carbocycles. The van der Waals surface area contributed by atoms with Crippen LogP contribution in [0.4, 0.5) is 0 Å². The maximum absolute atomic E-state index is 12.0. The average molecular weight is 225 g/mol. The minimum Gasteiger partial charge on any atom is -0.336 e. The minimum atomic E-state index is 0.123. The predicted molar refractivity (Wildman–Crippen MR) is 60.2 cm³/mol. The molecule has 1 atom stereocenters. The van der Waals surface area contributed by atoms with Gasteiger partial charge in [0.1, 0.15) is 4.88 Å². The molecule has 1 amide bonds. The number of hydrogen-bond donors (Lipinski definition) is 1. The minimum absolute atomic E-state index is 0.123. The van der Waals surface area contributed by atoms with E-state index < -0.39 is 0 Å². The number of amides is 1. The number of nitrogens with zero attached hydrogens (tertiary/aromatic N) is 2. The molecule has 0 saturated carbocycles. The molecule has 1 aromatic heterocycles. The van der Waals surface area contributed by atoms with Gasteiger partial charge in [-0.2, -0.15) is 0 Å². The molecule has 0 bridgehead atoms. The Morgan fingerprint density at radius 2 is 2.53 bits per heavy atom. The summed E-state index contributed by atoms with van der Waals surface area (Å²) in [5.74, 6) is 0.123. The summed E-state index contributed by atoms with van der Waals surface area (Å²) in [7, 11) is 1.94. The molecule has 2 rings (SSSR count). The van der Waals surface area contributed by atoms with Gasteiger partial charge in [-0.3, -0.25) is 4.79 Å². The van der Waals surface area contributed by atoms with Crippen molar-refractivity contribution in [2.45, 2.75) is 19.4 Å². The standard InChI is InChI=1S/C10H15N3OS/c1-7-12-5-9(15-7)10(14)13-4-3-8(6-13)11-2/h5,8,11H,3-4,6H2,1-2H3. The second-order valence-electron chi connectivity index (χ2n) is 3.77. The predicted octanol–water partition coefficient (Wildman–Crippen LogP) is 0.885. The SMILES string of the molecule is CNC1CCN(C(=O)c2cnc(C)s2)C1. The van der Waals surface area contributed by atoms with Gasteiger partial charge in [-0.05, 0) is 20.4 Å². The Hall–Kier alpha value is -0.940. The molecule has 1 aliphatic rings. The van der Waals surface area contributed by atoms with Crippen molar-refractivity contribution in [3.05, 3.63) is 16.1 Å². The van der Waals surface area contributed by atoms with Crippen LogP contribution in [0.25, 0.3) is 0 Å². The van der Waals surface area contributed by atoms with Crippen molar-refractivity contribution in [2.75, 3.05) is 20.1 Å². The third-order valence-electron chi connectivity index (χ3n) is 2.72. The molecule has 1 N–H and O–H groups in total. The molecule has 15 heavy (non-hydrogen) atoms. The summed E-state index contributed by atoms with van der Waals surface area (Å²) in [5.41, 5.74) is 0. The molecule has 1 aliphatic heterocycles. The molecule has 2 heterocycles. The second-order valence-corrected chi connectivity index (χ2v) is 5.00. The molecule has 82 valence electrons. The fraction of sp³-hybridized carbons (Fsp3) is 0.600. The molecular formula is C10H15N3OS. The van der Waals surface area contributed by atoms with Crippen molar-refractivity contribution < 1.29 is 4.79 Å². The summed E-state index contributed by atoms with van der Waals surface area (Å²) >= 11 is 1.47. The van der Waals surface area contributed by atoms with Crippen LogP contribution in [0.5, 0.6) is 0 Å². The molecular weight excluding hydrogens is 210 g/mol. The van der Waals surface area contributed by atoms with Gasteiger partial charge in [-0.25, -0.2) is 4.98 Å². The lowest BCUT2D eigenvalue weighted by atomic mass is 10.3. The van der Waals surface area contributed by atoms with Crippen LogP contribution in [0.1, 0.15) is 21.1 Å². The van der Waals surface area contributed by atoms with Gasteiger partial charge in [-0.15, -0.1) is 11.3 Å². The zero-order valence-electron chi connectivity index (χ0n) is 8.99. The molecule has 1 aromatic rings. The summed E-state index contributed by atoms with van der Waals surface area (Å²) in [6.07, 6.45) is 2.72. The van der Waals surface area contributed by atoms with Crippen LogP contribution in [0, 0.1) is 6.92 Å². The number of likely N-dealkylation sites (tertiary alicyclic amines) is 1. The molecule has 1 saturated heterocycles. The highest BCUT2D eigenvalue weighted by atomic mass is 32.1. The Bertz CT molecular complexity index is 363. The summed E-state index contributed by atoms with van der Waals surface area (Å²) in [4.78, 5) is 18.7. The van der Waals surface area contributed by atoms with Crippen LogP contribution in [-0.4, -0.2) is 42.0 Å². The average Bonchev–Trinajstić information content (AvgIpc) is 2.84. The van der Waals surface area contributed by atoms with E-state index in [0.717, 1.165) is 29.4 Å². The third kappa shape index (κ3) is 2.18. The first-order valence-electron chi connectivity index (χ1n) is 5.09. The first-order valence-corrected chi connectivity index (χ1v) is 5.91. The lowest BCUT2D eigenvalue weighted by molar-refractivity contribution is 0.0794. The van der Waals surface area contributed by atoms with Gasteiger partial charge in [-0.1, -0.05) is 0 Å². The van der Waals surface area contributed by atoms with Crippen molar-refractivity contribution in [3.8, 4) is 0 Å². The number of likely N-dealkylation sites (N-methyl/N-ethyl adjacent to an activating group) is 1. The highest BCUT2D eigenvalue weighted by Crippen LogP contribution is 2.17. The molecule has 0 aromatic carbocycles. The third-order valence-corrected chi connectivity index (χ3v) is 3.62. The van der Waals surface area contributed by atoms with Gasteiger partial charge >= 0.3 is 0 Å². The Labute approximate surface area is 93.3 Å². The van der Waals surface area contributed by atoms with Gasteiger partial charge in [0.25, 0.3) is 5.91 Å². The number of thiazole rings is 1. The van der Waals surface area contributed by atoms with Crippen molar-refractivity contribution in [2.24, 2.45) is 0 Å². The van der Waals surface area contributed by atoms with E-state index in [0.29, 0.717) is 6.04 Å². The number of aromatic nitrogens is 1. The van der Waals surface area contributed by atoms with E-state index in [9.17, 15) is 4.79 Å². The van der Waals surface area contributed by atoms with Gasteiger partial charge in [0, 0.05) is 19.1 Å². The van der Waals surface area contributed by atoms with Gasteiger partial charge in [0.2, 0.25) is 0 Å². The number of aryl methyl sites for hydroxylation is 1. The second kappa shape index (κ2) is 4.28. The first-order chi connectivity index (χ1) is 7.20. The summed E-state index contributed by atoms with van der Waals surface area (Å²) in [5, 5.41) is 4.15. The maximum Gasteiger partial charge on any atom is 0.265 e. The van der Waals surface area contributed by atoms with Crippen LogP contribution in [-0.2, 0) is 0 Å². The van der Waals surface area contributed by atoms with Gasteiger partial charge < -0.3 is 10.2 Å². The van der Waals surface area contributed by atoms with Crippen molar-refractivity contribution in [1.82, 2.24) is 15.2 Å². The van der Waals surface area contributed by atoms with Crippen LogP contribution in [0.15, 0.2) is 6.20 Å². The highest BCUT2D eigenvalue weighted by Gasteiger charge is 2.26. The first kappa shape index (κ1) is 10.6. The Kier molecular flexibility index (Phi) is 3.02. The molecule has 1 unspecified atom stereocenters. The summed E-state index contributed by atoms with van der Waals surface area (Å²) < 4.78 is 0. The van der Waals surface area contributed by atoms with E-state index in [4.69, 9.17) is 0 Å². The van der Waals surface area contributed by atoms with E-state index in [-0.39, 0.29) is 5.91 Å². The van der Waals surface area contributed by atoms with Crippen LogP contribution < -0.4 is 5.32 Å². The Morgan fingerprint density at radius 3 is 3.07 bits per heavy atom. The topological polar surface area (TPSA) is 45.2 Å². The molecule has 5 heteroatoms. The lowest BCUT2D eigenvalue weighted by Crippen LogP contribution is -2.33. The summed E-state index contributed by atoms with van der Waals surface area (Å²) in [6, 6.07) is 0.447. The Balaban J connectivity index is 2.03. The smallest absolute Gasteiger partial charge is 0.265 e. The zero-order chi connectivity index (χ0) is 10.8. The normalized spacial score (nSPS) is 20.9. The van der Waals surface area contributed by atoms with E-state index >= 15 is 0 Å². The van der Waals surface area contributed by atoms with Crippen LogP contribution in [0.2, 0.25) is 0 Å². The van der Waals surface area contributed by atoms with Crippen molar-refractivity contribution in [3.63, 3.8) is 0 Å². The van der Waals surface area contributed by atoms with Crippen molar-refractivity contribution in [1.29, 1.82) is 0 Å². The van der Waals surface area contributed by atoms with Crippen LogP contribution >= 0.6 is 11.3 Å². The van der Waals surface area contributed by atoms with Gasteiger partial charge in [0.15, 0.2) is 0 Å². The number of carbonyl (C=O) groups is 1. The van der Waals surface area contributed by atoms with E-state index in [1.54, 1.807) is 6.20 Å².